The summed E-state index contributed by atoms with van der Waals surface area (Å²) in [6, 6.07) is 1.45. The number of nitrogens with zero attached hydrogens (tertiary/aromatic N) is 2. The Bertz CT molecular complexity index is 469. The summed E-state index contributed by atoms with van der Waals surface area (Å²) in [5.74, 6) is 0.221. The van der Waals surface area contributed by atoms with Crippen LogP contribution in [0, 0.1) is 4.77 Å². The third-order valence-electron chi connectivity index (χ3n) is 2.60. The fourth-order valence-electron chi connectivity index (χ4n) is 1.70. The van der Waals surface area contributed by atoms with E-state index < -0.39 is 31.2 Å². The number of rotatable bonds is 2. The minimum atomic E-state index is -1.68. The van der Waals surface area contributed by atoms with Gasteiger partial charge in [0.15, 0.2) is 12.4 Å². The van der Waals surface area contributed by atoms with Crippen molar-refractivity contribution < 1.29 is 19.3 Å². The number of nitrogens with two attached hydrogens (primary N) is 1. The van der Waals surface area contributed by atoms with Crippen molar-refractivity contribution in [1.82, 2.24) is 9.55 Å². The molecule has 6 nitrogen and oxygen atoms in total. The zero-order valence-electron chi connectivity index (χ0n) is 8.73. The van der Waals surface area contributed by atoms with Crippen molar-refractivity contribution in [2.24, 2.45) is 0 Å². The molecule has 2 heterocycles. The van der Waals surface area contributed by atoms with Crippen LogP contribution in [0.2, 0.25) is 0 Å². The Labute approximate surface area is 101 Å². The zero-order chi connectivity index (χ0) is 12.6. The molecular formula is C9H12FN3O3S. The van der Waals surface area contributed by atoms with Crippen molar-refractivity contribution in [1.29, 1.82) is 0 Å². The van der Waals surface area contributed by atoms with Crippen molar-refractivity contribution in [3.8, 4) is 0 Å². The molecule has 0 aliphatic carbocycles. The molecule has 0 aromatic carbocycles. The molecule has 1 unspecified atom stereocenters. The van der Waals surface area contributed by atoms with Crippen LogP contribution in [0.4, 0.5) is 10.2 Å². The van der Waals surface area contributed by atoms with Crippen LogP contribution in [0.1, 0.15) is 6.23 Å². The number of aromatic nitrogens is 2. The van der Waals surface area contributed by atoms with Gasteiger partial charge in [-0.05, 0) is 18.3 Å². The fraction of sp³-hybridized carbons (Fsp3) is 0.556. The fourth-order valence-corrected chi connectivity index (χ4v) is 1.97. The van der Waals surface area contributed by atoms with Gasteiger partial charge in [0.05, 0.1) is 6.61 Å². The van der Waals surface area contributed by atoms with E-state index in [-0.39, 0.29) is 10.6 Å². The molecule has 1 aliphatic heterocycles. The van der Waals surface area contributed by atoms with Crippen LogP contribution in [-0.2, 0) is 4.74 Å². The van der Waals surface area contributed by atoms with Gasteiger partial charge in [0.25, 0.3) is 0 Å². The molecule has 1 saturated heterocycles. The molecular weight excluding hydrogens is 249 g/mol. The number of aliphatic hydroxyl groups excluding tert-OH is 2. The Hall–Kier alpha value is -1.09. The Morgan fingerprint density at radius 2 is 2.35 bits per heavy atom. The molecule has 1 aromatic heterocycles. The summed E-state index contributed by atoms with van der Waals surface area (Å²) in [6.07, 6.45) is -3.68. The van der Waals surface area contributed by atoms with Gasteiger partial charge in [0.1, 0.15) is 18.0 Å². The minimum Gasteiger partial charge on any atom is -0.394 e. The smallest absolute Gasteiger partial charge is 0.203 e. The first-order chi connectivity index (χ1) is 8.04. The SMILES string of the molecule is Nc1ccn([C@@H]2O[C@H](CO)C(O)[C@@H]2F)c(=S)n1. The van der Waals surface area contributed by atoms with E-state index in [1.165, 1.54) is 16.8 Å². The third kappa shape index (κ3) is 2.16. The van der Waals surface area contributed by atoms with Crippen LogP contribution in [0.5, 0.6) is 0 Å². The van der Waals surface area contributed by atoms with E-state index >= 15 is 0 Å². The summed E-state index contributed by atoms with van der Waals surface area (Å²) in [7, 11) is 0. The van der Waals surface area contributed by atoms with Gasteiger partial charge in [0.2, 0.25) is 4.77 Å². The molecule has 0 spiro atoms. The number of hydrogen-bond donors (Lipinski definition) is 3. The van der Waals surface area contributed by atoms with Crippen molar-refractivity contribution in [2.75, 3.05) is 12.3 Å². The minimum absolute atomic E-state index is 0.0587. The highest BCUT2D eigenvalue weighted by Crippen LogP contribution is 2.31. The maximum Gasteiger partial charge on any atom is 0.203 e. The quantitative estimate of drug-likeness (QED) is 0.637. The Morgan fingerprint density at radius 1 is 1.65 bits per heavy atom. The second-order valence-electron chi connectivity index (χ2n) is 3.72. The van der Waals surface area contributed by atoms with Crippen molar-refractivity contribution in [3.05, 3.63) is 17.0 Å². The molecule has 8 heteroatoms. The van der Waals surface area contributed by atoms with E-state index in [0.29, 0.717) is 0 Å². The molecule has 1 fully saturated rings. The number of ether oxygens (including phenoxy) is 1. The zero-order valence-corrected chi connectivity index (χ0v) is 9.55. The molecule has 17 heavy (non-hydrogen) atoms. The maximum atomic E-state index is 13.8. The van der Waals surface area contributed by atoms with Crippen molar-refractivity contribution in [2.45, 2.75) is 24.6 Å². The summed E-state index contributed by atoms with van der Waals surface area (Å²) >= 11 is 4.92. The predicted molar refractivity (Wildman–Crippen MR) is 59.4 cm³/mol. The maximum absolute atomic E-state index is 13.8. The van der Waals surface area contributed by atoms with E-state index in [1.54, 1.807) is 0 Å². The molecule has 0 amide bonds. The summed E-state index contributed by atoms with van der Waals surface area (Å²) in [5, 5.41) is 18.4. The molecule has 2 rings (SSSR count). The van der Waals surface area contributed by atoms with Gasteiger partial charge in [-0.2, -0.15) is 0 Å². The Balaban J connectivity index is 2.32. The Kier molecular flexibility index (Phi) is 3.38. The summed E-state index contributed by atoms with van der Waals surface area (Å²) in [4.78, 5) is 3.79. The number of anilines is 1. The van der Waals surface area contributed by atoms with Gasteiger partial charge in [-0.15, -0.1) is 0 Å². The average Bonchev–Trinajstić information content (AvgIpc) is 2.57. The van der Waals surface area contributed by atoms with Crippen molar-refractivity contribution >= 4 is 18.0 Å². The molecule has 0 bridgehead atoms. The second-order valence-corrected chi connectivity index (χ2v) is 4.09. The first-order valence-electron chi connectivity index (χ1n) is 4.97. The molecule has 4 atom stereocenters. The van der Waals surface area contributed by atoms with Crippen LogP contribution in [0.3, 0.4) is 0 Å². The average molecular weight is 261 g/mol. The van der Waals surface area contributed by atoms with E-state index in [9.17, 15) is 9.50 Å². The first kappa shape index (κ1) is 12.4. The van der Waals surface area contributed by atoms with Gasteiger partial charge >= 0.3 is 0 Å². The topological polar surface area (TPSA) is 93.5 Å². The van der Waals surface area contributed by atoms with Crippen LogP contribution in [0.15, 0.2) is 12.3 Å². The van der Waals surface area contributed by atoms with Crippen LogP contribution in [-0.4, -0.2) is 44.8 Å². The van der Waals surface area contributed by atoms with Crippen molar-refractivity contribution in [3.63, 3.8) is 0 Å². The van der Waals surface area contributed by atoms with E-state index in [4.69, 9.17) is 27.8 Å². The van der Waals surface area contributed by atoms with Gasteiger partial charge < -0.3 is 20.7 Å². The monoisotopic (exact) mass is 261 g/mol. The van der Waals surface area contributed by atoms with Crippen LogP contribution in [0.25, 0.3) is 0 Å². The van der Waals surface area contributed by atoms with E-state index in [2.05, 4.69) is 4.98 Å². The molecule has 1 aliphatic rings. The standard InChI is InChI=1S/C9H12FN3O3S/c10-6-7(15)4(3-14)16-8(6)13-2-1-5(11)12-9(13)17/h1-2,4,6-8,14-15H,3H2,(H2,11,12,17)/t4-,6+,7?,8-/m1/s1. The Morgan fingerprint density at radius 3 is 2.88 bits per heavy atom. The lowest BCUT2D eigenvalue weighted by molar-refractivity contribution is -0.0483. The van der Waals surface area contributed by atoms with E-state index in [1.807, 2.05) is 0 Å². The van der Waals surface area contributed by atoms with Gasteiger partial charge in [-0.1, -0.05) is 0 Å². The van der Waals surface area contributed by atoms with E-state index in [0.717, 1.165) is 0 Å². The predicted octanol–water partition coefficient (Wildman–Crippen LogP) is -0.217. The highest BCUT2D eigenvalue weighted by Gasteiger charge is 2.44. The normalized spacial score (nSPS) is 32.9. The van der Waals surface area contributed by atoms with Gasteiger partial charge in [-0.3, -0.25) is 4.57 Å². The van der Waals surface area contributed by atoms with Crippen LogP contribution >= 0.6 is 12.2 Å². The number of nitrogen functional groups attached to an aromatic ring is 1. The van der Waals surface area contributed by atoms with Crippen LogP contribution < -0.4 is 5.73 Å². The highest BCUT2D eigenvalue weighted by molar-refractivity contribution is 7.71. The lowest BCUT2D eigenvalue weighted by Gasteiger charge is -2.16. The third-order valence-corrected chi connectivity index (χ3v) is 2.90. The largest absolute Gasteiger partial charge is 0.394 e. The molecule has 94 valence electrons. The lowest BCUT2D eigenvalue weighted by atomic mass is 10.1. The second kappa shape index (κ2) is 4.65. The van der Waals surface area contributed by atoms with Gasteiger partial charge in [0, 0.05) is 6.20 Å². The number of hydrogen-bond acceptors (Lipinski definition) is 6. The first-order valence-corrected chi connectivity index (χ1v) is 5.38. The number of aliphatic hydroxyl groups is 2. The molecule has 1 aromatic rings. The summed E-state index contributed by atoms with van der Waals surface area (Å²) in [5.41, 5.74) is 5.43. The lowest BCUT2D eigenvalue weighted by Crippen LogP contribution is -2.30. The summed E-state index contributed by atoms with van der Waals surface area (Å²) < 4.78 is 20.3. The molecule has 0 saturated carbocycles. The summed E-state index contributed by atoms with van der Waals surface area (Å²) in [6.45, 7) is -0.464. The number of alkyl halides is 1. The van der Waals surface area contributed by atoms with Gasteiger partial charge in [-0.25, -0.2) is 9.37 Å². The molecule has 0 radical (unpaired) electrons. The molecule has 4 N–H and O–H groups in total. The number of halogens is 1. The highest BCUT2D eigenvalue weighted by atomic mass is 32.1.